The number of rotatable bonds is 4. The van der Waals surface area contributed by atoms with Crippen LogP contribution in [0.4, 0.5) is 0 Å². The Hall–Kier alpha value is -0.0400. The molecule has 0 aliphatic carbocycles. The molecule has 0 heterocycles. The highest BCUT2D eigenvalue weighted by molar-refractivity contribution is 8.13. The van der Waals surface area contributed by atoms with Gasteiger partial charge in [-0.1, -0.05) is 17.5 Å². The lowest BCUT2D eigenvalue weighted by molar-refractivity contribution is 0.908. The fourth-order valence-electron chi connectivity index (χ4n) is 0.721. The highest BCUT2D eigenvalue weighted by Crippen LogP contribution is 2.01. The third kappa shape index (κ3) is 7.96. The van der Waals surface area contributed by atoms with Gasteiger partial charge in [-0.15, -0.1) is 0 Å². The van der Waals surface area contributed by atoms with Crippen molar-refractivity contribution in [3.8, 4) is 0 Å². The first-order valence-electron chi connectivity index (χ1n) is 3.78. The molecule has 0 unspecified atom stereocenters. The van der Waals surface area contributed by atoms with E-state index < -0.39 is 0 Å². The van der Waals surface area contributed by atoms with Crippen LogP contribution in [-0.4, -0.2) is 17.9 Å². The second kappa shape index (κ2) is 7.07. The van der Waals surface area contributed by atoms with Gasteiger partial charge in [0.25, 0.3) is 0 Å². The van der Waals surface area contributed by atoms with Crippen LogP contribution < -0.4 is 0 Å². The summed E-state index contributed by atoms with van der Waals surface area (Å²) in [6, 6.07) is 0. The number of allylic oxidation sites excluding steroid dienone is 2. The lowest BCUT2D eigenvalue weighted by Crippen LogP contribution is -1.75. The van der Waals surface area contributed by atoms with Crippen LogP contribution in [0.1, 0.15) is 26.2 Å². The fraction of sp³-hybridized carbons (Fsp3) is 0.667. The van der Waals surface area contributed by atoms with Crippen LogP contribution in [0.25, 0.3) is 0 Å². The molecule has 0 saturated carbocycles. The van der Waals surface area contributed by atoms with Crippen LogP contribution in [-0.2, 0) is 0 Å². The van der Waals surface area contributed by atoms with Crippen LogP contribution in [0.15, 0.2) is 12.2 Å². The average molecular weight is 158 g/mol. The summed E-state index contributed by atoms with van der Waals surface area (Å²) in [5.74, 6) is 0. The second-order valence-corrected chi connectivity index (χ2v) is 4.64. The van der Waals surface area contributed by atoms with Crippen molar-refractivity contribution in [2.75, 3.05) is 12.5 Å². The molecule has 0 N–H and O–H groups in total. The van der Waals surface area contributed by atoms with Gasteiger partial charge in [-0.2, -0.15) is 10.5 Å². The molecule has 0 amide bonds. The molecule has 0 aliphatic heterocycles. The quantitative estimate of drug-likeness (QED) is 0.335. The van der Waals surface area contributed by atoms with Crippen molar-refractivity contribution in [1.29, 1.82) is 0 Å². The molecule has 0 radical (unpaired) electrons. The summed E-state index contributed by atoms with van der Waals surface area (Å²) in [5, 5.41) is 2.41. The molecule has 0 aromatic heterocycles. The first kappa shape index (κ1) is 9.96. The van der Waals surface area contributed by atoms with Gasteiger partial charge < -0.3 is 0 Å². The van der Waals surface area contributed by atoms with Crippen molar-refractivity contribution in [1.82, 2.24) is 0 Å². The molecule has 0 atom stereocenters. The number of hydrogen-bond acceptors (Lipinski definition) is 0. The minimum atomic E-state index is 0.530. The molecule has 0 aromatic carbocycles. The van der Waals surface area contributed by atoms with Crippen molar-refractivity contribution >= 4 is 15.9 Å². The van der Waals surface area contributed by atoms with Crippen molar-refractivity contribution < 1.29 is 0 Å². The van der Waals surface area contributed by atoms with Crippen LogP contribution in [0.3, 0.4) is 0 Å². The van der Waals surface area contributed by atoms with Crippen LogP contribution in [0.5, 0.6) is 0 Å². The predicted octanol–water partition coefficient (Wildman–Crippen LogP) is 3.06. The molecule has 60 valence electrons. The van der Waals surface area contributed by atoms with Crippen LogP contribution >= 0.6 is 10.5 Å². The van der Waals surface area contributed by atoms with E-state index in [-0.39, 0.29) is 0 Å². The Kier molecular flexibility index (Phi) is 7.04. The third-order valence-electron chi connectivity index (χ3n) is 1.26. The summed E-state index contributed by atoms with van der Waals surface area (Å²) < 4.78 is 0. The van der Waals surface area contributed by atoms with E-state index in [0.29, 0.717) is 10.5 Å². The third-order valence-corrected chi connectivity index (χ3v) is 2.16. The average Bonchev–Trinajstić information content (AvgIpc) is 1.87. The molecule has 0 aliphatic rings. The monoisotopic (exact) mass is 158 g/mol. The molecule has 0 saturated heterocycles. The Morgan fingerprint density at radius 3 is 2.40 bits per heavy atom. The molecule has 0 fully saturated rings. The first-order chi connectivity index (χ1) is 4.77. The Labute approximate surface area is 67.3 Å². The summed E-state index contributed by atoms with van der Waals surface area (Å²) in [7, 11) is 0.530. The maximum Gasteiger partial charge on any atom is -0.0239 e. The molecular formula is C9H18S. The zero-order valence-corrected chi connectivity index (χ0v) is 8.08. The zero-order chi connectivity index (χ0) is 7.82. The summed E-state index contributed by atoms with van der Waals surface area (Å²) in [5.41, 5.74) is 0. The van der Waals surface area contributed by atoms with Crippen LogP contribution in [0, 0.1) is 0 Å². The smallest absolute Gasteiger partial charge is 0.0239 e. The molecular weight excluding hydrogens is 140 g/mol. The van der Waals surface area contributed by atoms with E-state index >= 15 is 0 Å². The fourth-order valence-corrected chi connectivity index (χ4v) is 1.36. The molecule has 0 spiro atoms. The van der Waals surface area contributed by atoms with E-state index in [4.69, 9.17) is 0 Å². The topological polar surface area (TPSA) is 0 Å². The van der Waals surface area contributed by atoms with Crippen molar-refractivity contribution in [3.05, 3.63) is 12.2 Å². The van der Waals surface area contributed by atoms with Gasteiger partial charge >= 0.3 is 0 Å². The highest BCUT2D eigenvalue weighted by Gasteiger charge is 1.79. The molecule has 0 nitrogen and oxygen atoms in total. The summed E-state index contributed by atoms with van der Waals surface area (Å²) in [6.07, 6.45) is 12.7. The molecule has 0 aromatic rings. The van der Waals surface area contributed by atoms with Gasteiger partial charge in [-0.25, -0.2) is 0 Å². The van der Waals surface area contributed by atoms with Crippen molar-refractivity contribution in [2.24, 2.45) is 0 Å². The second-order valence-electron chi connectivity index (χ2n) is 2.55. The van der Waals surface area contributed by atoms with Crippen LogP contribution in [0.2, 0.25) is 0 Å². The molecule has 1 heteroatoms. The van der Waals surface area contributed by atoms with Gasteiger partial charge in [-0.05, 0) is 38.7 Å². The lowest BCUT2D eigenvalue weighted by Gasteiger charge is -1.91. The van der Waals surface area contributed by atoms with E-state index in [1.165, 1.54) is 19.3 Å². The van der Waals surface area contributed by atoms with E-state index in [0.717, 1.165) is 0 Å². The maximum absolute atomic E-state index is 2.41. The standard InChI is InChI=1S/C9H18S/c1-4-5-6-7-8-9-10(2)3/h4-5,9H,6-8H2,1-3H3. The van der Waals surface area contributed by atoms with Gasteiger partial charge in [-0.3, -0.25) is 0 Å². The van der Waals surface area contributed by atoms with Gasteiger partial charge in [0, 0.05) is 0 Å². The van der Waals surface area contributed by atoms with Gasteiger partial charge in [0.2, 0.25) is 0 Å². The summed E-state index contributed by atoms with van der Waals surface area (Å²) in [6.45, 7) is 2.08. The lowest BCUT2D eigenvalue weighted by atomic mass is 10.2. The predicted molar refractivity (Wildman–Crippen MR) is 54.2 cm³/mol. The van der Waals surface area contributed by atoms with Gasteiger partial charge in [0.1, 0.15) is 0 Å². The largest absolute Gasteiger partial charge is 0.196 e. The SMILES string of the molecule is CC=CCCCC=S(C)C. The zero-order valence-electron chi connectivity index (χ0n) is 7.26. The van der Waals surface area contributed by atoms with E-state index in [2.05, 4.69) is 37.0 Å². The van der Waals surface area contributed by atoms with Gasteiger partial charge in [0.15, 0.2) is 0 Å². The Morgan fingerprint density at radius 1 is 1.20 bits per heavy atom. The summed E-state index contributed by atoms with van der Waals surface area (Å²) >= 11 is 0. The molecule has 0 rings (SSSR count). The van der Waals surface area contributed by atoms with Crippen molar-refractivity contribution in [3.63, 3.8) is 0 Å². The van der Waals surface area contributed by atoms with Gasteiger partial charge in [0.05, 0.1) is 0 Å². The maximum atomic E-state index is 2.41. The number of unbranched alkanes of at least 4 members (excludes halogenated alkanes) is 2. The van der Waals surface area contributed by atoms with E-state index in [9.17, 15) is 0 Å². The Balaban J connectivity index is 3.13. The normalized spacial score (nSPS) is 11.2. The Bertz CT molecular complexity index is 119. The number of hydrogen-bond donors (Lipinski definition) is 0. The minimum absolute atomic E-state index is 0.530. The highest BCUT2D eigenvalue weighted by atomic mass is 32.2. The molecule has 10 heavy (non-hydrogen) atoms. The minimum Gasteiger partial charge on any atom is -0.196 e. The van der Waals surface area contributed by atoms with E-state index in [1.807, 2.05) is 0 Å². The Morgan fingerprint density at radius 2 is 1.90 bits per heavy atom. The van der Waals surface area contributed by atoms with Crippen molar-refractivity contribution in [2.45, 2.75) is 26.2 Å². The first-order valence-corrected chi connectivity index (χ1v) is 5.88. The molecule has 0 bridgehead atoms. The summed E-state index contributed by atoms with van der Waals surface area (Å²) in [4.78, 5) is 0. The van der Waals surface area contributed by atoms with E-state index in [1.54, 1.807) is 0 Å².